The van der Waals surface area contributed by atoms with Crippen LogP contribution < -0.4 is 24.4 Å². The maximum Gasteiger partial charge on any atom is 0.271 e. The Morgan fingerprint density at radius 1 is 1.09 bits per heavy atom. The normalized spacial score (nSPS) is 16.9. The van der Waals surface area contributed by atoms with Gasteiger partial charge in [0.05, 0.1) is 30.5 Å². The van der Waals surface area contributed by atoms with Crippen LogP contribution in [0.2, 0.25) is 0 Å². The largest absolute Gasteiger partial charge is 0.502 e. The standard InChI is InChI=1S/C27H22N2O4S2/c1-32-19-12-15(13-20(33-2)25(19)30)14-22-26(31)29-24(21-8-5-11-34-21)18-10-9-16-6-3-4-7-17(16)23(18)28-27(29)35-22/h3-8,11-14,24,30H,9-10H2,1-2H3/b22-14-/t24-/m0/s1. The second-order valence-corrected chi connectivity index (χ2v) is 10.4. The lowest BCUT2D eigenvalue weighted by atomic mass is 9.85. The van der Waals surface area contributed by atoms with Crippen molar-refractivity contribution in [2.24, 2.45) is 4.99 Å². The van der Waals surface area contributed by atoms with Gasteiger partial charge in [-0.3, -0.25) is 9.36 Å². The number of methoxy groups -OCH3 is 2. The summed E-state index contributed by atoms with van der Waals surface area (Å²) in [5, 5.41) is 12.3. The van der Waals surface area contributed by atoms with Crippen LogP contribution in [0.15, 0.2) is 69.3 Å². The fourth-order valence-electron chi connectivity index (χ4n) is 4.87. The molecule has 1 N–H and O–H groups in total. The van der Waals surface area contributed by atoms with Gasteiger partial charge in [0, 0.05) is 10.4 Å². The molecule has 0 amide bonds. The van der Waals surface area contributed by atoms with E-state index in [0.717, 1.165) is 29.0 Å². The lowest BCUT2D eigenvalue weighted by Crippen LogP contribution is -2.38. The number of hydrogen-bond donors (Lipinski definition) is 1. The minimum absolute atomic E-state index is 0.0716. The first-order valence-electron chi connectivity index (χ1n) is 11.2. The Morgan fingerprint density at radius 3 is 2.57 bits per heavy atom. The van der Waals surface area contributed by atoms with E-state index < -0.39 is 0 Å². The summed E-state index contributed by atoms with van der Waals surface area (Å²) in [6, 6.07) is 15.7. The molecular formula is C27H22N2O4S2. The molecule has 3 heterocycles. The van der Waals surface area contributed by atoms with Gasteiger partial charge < -0.3 is 14.6 Å². The number of benzene rings is 2. The summed E-state index contributed by atoms with van der Waals surface area (Å²) in [5.41, 5.74) is 5.25. The summed E-state index contributed by atoms with van der Waals surface area (Å²) in [5.74, 6) is 0.497. The van der Waals surface area contributed by atoms with Gasteiger partial charge in [0.2, 0.25) is 5.75 Å². The van der Waals surface area contributed by atoms with Crippen molar-refractivity contribution in [3.05, 3.63) is 101 Å². The molecule has 4 aromatic rings. The third-order valence-corrected chi connectivity index (χ3v) is 8.39. The zero-order valence-electron chi connectivity index (χ0n) is 19.1. The Balaban J connectivity index is 1.59. The van der Waals surface area contributed by atoms with Crippen molar-refractivity contribution >= 4 is 34.4 Å². The Morgan fingerprint density at radius 2 is 1.86 bits per heavy atom. The van der Waals surface area contributed by atoms with E-state index in [9.17, 15) is 9.90 Å². The topological polar surface area (TPSA) is 73.1 Å². The number of aromatic hydroxyl groups is 1. The molecule has 0 saturated heterocycles. The van der Waals surface area contributed by atoms with Gasteiger partial charge in [-0.1, -0.05) is 41.7 Å². The minimum atomic E-state index is -0.166. The van der Waals surface area contributed by atoms with Crippen LogP contribution in [-0.2, 0) is 6.42 Å². The van der Waals surface area contributed by atoms with E-state index >= 15 is 0 Å². The second-order valence-electron chi connectivity index (χ2n) is 8.40. The molecule has 0 spiro atoms. The average Bonchev–Trinajstić information content (AvgIpc) is 3.52. The molecule has 35 heavy (non-hydrogen) atoms. The highest BCUT2D eigenvalue weighted by molar-refractivity contribution is 7.10. The number of aryl methyl sites for hydroxylation is 1. The summed E-state index contributed by atoms with van der Waals surface area (Å²) in [4.78, 5) is 20.6. The van der Waals surface area contributed by atoms with Crippen LogP contribution in [0.1, 0.15) is 34.0 Å². The highest BCUT2D eigenvalue weighted by atomic mass is 32.1. The van der Waals surface area contributed by atoms with Gasteiger partial charge in [-0.25, -0.2) is 4.99 Å². The second kappa shape index (κ2) is 8.55. The van der Waals surface area contributed by atoms with Gasteiger partial charge >= 0.3 is 0 Å². The fourth-order valence-corrected chi connectivity index (χ4v) is 6.72. The summed E-state index contributed by atoms with van der Waals surface area (Å²) in [7, 11) is 2.96. The van der Waals surface area contributed by atoms with E-state index in [1.165, 1.54) is 36.7 Å². The third-order valence-electron chi connectivity index (χ3n) is 6.49. The molecule has 2 aliphatic rings. The van der Waals surface area contributed by atoms with Crippen molar-refractivity contribution in [2.45, 2.75) is 18.9 Å². The number of aromatic nitrogens is 1. The van der Waals surface area contributed by atoms with Crippen LogP contribution in [0.25, 0.3) is 11.8 Å². The predicted octanol–water partition coefficient (Wildman–Crippen LogP) is 4.10. The molecule has 8 heteroatoms. The number of hydrogen-bond acceptors (Lipinski definition) is 7. The number of allylic oxidation sites excluding steroid dienone is 1. The van der Waals surface area contributed by atoms with Crippen molar-refractivity contribution in [2.75, 3.05) is 14.2 Å². The van der Waals surface area contributed by atoms with Crippen LogP contribution in [0, 0.1) is 0 Å². The number of thiazole rings is 1. The number of rotatable bonds is 4. The smallest absolute Gasteiger partial charge is 0.271 e. The molecule has 1 aliphatic carbocycles. The molecule has 176 valence electrons. The maximum absolute atomic E-state index is 13.8. The average molecular weight is 503 g/mol. The molecular weight excluding hydrogens is 480 g/mol. The van der Waals surface area contributed by atoms with Crippen LogP contribution in [0.5, 0.6) is 17.2 Å². The molecule has 1 atom stereocenters. The Kier molecular flexibility index (Phi) is 5.35. The zero-order valence-corrected chi connectivity index (χ0v) is 20.8. The van der Waals surface area contributed by atoms with Gasteiger partial charge in [0.15, 0.2) is 16.3 Å². The predicted molar refractivity (Wildman–Crippen MR) is 138 cm³/mol. The zero-order chi connectivity index (χ0) is 24.1. The highest BCUT2D eigenvalue weighted by Gasteiger charge is 2.33. The van der Waals surface area contributed by atoms with E-state index in [1.807, 2.05) is 16.7 Å². The Hall–Kier alpha value is -3.62. The van der Waals surface area contributed by atoms with Crippen LogP contribution in [0.4, 0.5) is 0 Å². The lowest BCUT2D eigenvalue weighted by molar-refractivity contribution is 0.340. The van der Waals surface area contributed by atoms with Crippen LogP contribution in [0.3, 0.4) is 0 Å². The monoisotopic (exact) mass is 502 g/mol. The summed E-state index contributed by atoms with van der Waals surface area (Å²) in [6.45, 7) is 0. The molecule has 0 saturated carbocycles. The Labute approximate surface area is 209 Å². The van der Waals surface area contributed by atoms with E-state index in [0.29, 0.717) is 14.9 Å². The van der Waals surface area contributed by atoms with E-state index in [1.54, 1.807) is 29.5 Å². The molecule has 0 unspecified atom stereocenters. The van der Waals surface area contributed by atoms with Crippen molar-refractivity contribution < 1.29 is 14.6 Å². The number of fused-ring (bicyclic) bond motifs is 3. The molecule has 1 aliphatic heterocycles. The lowest BCUT2D eigenvalue weighted by Gasteiger charge is -2.30. The van der Waals surface area contributed by atoms with Gasteiger partial charge in [0.25, 0.3) is 5.56 Å². The number of phenols is 1. The SMILES string of the molecule is COc1cc(/C=c2\sc3n(c2=O)[C@H](c2cccs2)C2=C(N=3)c3ccccc3CC2)cc(OC)c1O. The quantitative estimate of drug-likeness (QED) is 0.456. The van der Waals surface area contributed by atoms with E-state index in [4.69, 9.17) is 14.5 Å². The molecule has 0 radical (unpaired) electrons. The number of nitrogens with zero attached hydrogens (tertiary/aromatic N) is 2. The highest BCUT2D eigenvalue weighted by Crippen LogP contribution is 2.42. The molecule has 6 rings (SSSR count). The van der Waals surface area contributed by atoms with Gasteiger partial charge in [0.1, 0.15) is 0 Å². The molecule has 0 bridgehead atoms. The fraction of sp³-hybridized carbons (Fsp3) is 0.185. The van der Waals surface area contributed by atoms with Crippen molar-refractivity contribution in [1.82, 2.24) is 4.57 Å². The van der Waals surface area contributed by atoms with Gasteiger partial charge in [-0.2, -0.15) is 0 Å². The maximum atomic E-state index is 13.8. The summed E-state index contributed by atoms with van der Waals surface area (Å²) < 4.78 is 13.0. The molecule has 2 aromatic heterocycles. The van der Waals surface area contributed by atoms with Crippen LogP contribution >= 0.6 is 22.7 Å². The van der Waals surface area contributed by atoms with Crippen LogP contribution in [-0.4, -0.2) is 23.9 Å². The van der Waals surface area contributed by atoms with Crippen molar-refractivity contribution in [3.8, 4) is 17.2 Å². The number of thiophene rings is 1. The van der Waals surface area contributed by atoms with Crippen molar-refractivity contribution in [3.63, 3.8) is 0 Å². The Bertz CT molecular complexity index is 1640. The van der Waals surface area contributed by atoms with E-state index in [2.05, 4.69) is 29.6 Å². The first-order valence-corrected chi connectivity index (χ1v) is 12.9. The van der Waals surface area contributed by atoms with Crippen molar-refractivity contribution in [1.29, 1.82) is 0 Å². The number of ether oxygens (including phenoxy) is 2. The third kappa shape index (κ3) is 3.52. The molecule has 2 aromatic carbocycles. The van der Waals surface area contributed by atoms with Gasteiger partial charge in [-0.15, -0.1) is 11.3 Å². The first-order chi connectivity index (χ1) is 17.1. The van der Waals surface area contributed by atoms with E-state index in [-0.39, 0.29) is 28.8 Å². The first kappa shape index (κ1) is 21.9. The molecule has 6 nitrogen and oxygen atoms in total. The summed E-state index contributed by atoms with van der Waals surface area (Å²) >= 11 is 3.04. The summed E-state index contributed by atoms with van der Waals surface area (Å²) in [6.07, 6.45) is 3.61. The molecule has 0 fully saturated rings. The van der Waals surface area contributed by atoms with Gasteiger partial charge in [-0.05, 0) is 59.2 Å². The minimum Gasteiger partial charge on any atom is -0.502 e. The number of phenolic OH excluding ortho intramolecular Hbond substituents is 1.